The van der Waals surface area contributed by atoms with Crippen LogP contribution in [0.1, 0.15) is 91.9 Å². The van der Waals surface area contributed by atoms with Crippen molar-refractivity contribution >= 4 is 6.09 Å². The molecule has 4 saturated carbocycles. The maximum atomic E-state index is 12.4. The predicted octanol–water partition coefficient (Wildman–Crippen LogP) is 7.10. The van der Waals surface area contributed by atoms with E-state index in [9.17, 15) is 4.79 Å². The predicted molar refractivity (Wildman–Crippen MR) is 121 cm³/mol. The van der Waals surface area contributed by atoms with E-state index < -0.39 is 0 Å². The van der Waals surface area contributed by atoms with E-state index in [2.05, 4.69) is 51.2 Å². The van der Waals surface area contributed by atoms with Crippen molar-refractivity contribution in [3.63, 3.8) is 0 Å². The minimum absolute atomic E-state index is 0.0401. The second-order valence-electron chi connectivity index (χ2n) is 10.4. The summed E-state index contributed by atoms with van der Waals surface area (Å²) in [5, 5.41) is 3.28. The van der Waals surface area contributed by atoms with Crippen LogP contribution in [0, 0.1) is 17.8 Å². The molecule has 1 N–H and O–H groups in total. The molecule has 0 atom stereocenters. The monoisotopic (exact) mass is 399 g/mol. The Kier molecular flexibility index (Phi) is 7.65. The van der Waals surface area contributed by atoms with Crippen molar-refractivity contribution in [1.82, 2.24) is 5.32 Å². The topological polar surface area (TPSA) is 38.3 Å². The Labute approximate surface area is 178 Å². The average Bonchev–Trinajstić information content (AvgIpc) is 2.59. The summed E-state index contributed by atoms with van der Waals surface area (Å²) in [6.07, 6.45) is 18.5. The lowest BCUT2D eigenvalue weighted by Gasteiger charge is -2.56. The lowest BCUT2D eigenvalue weighted by atomic mass is 9.53. The standard InChI is InChI=1S/C26H41NO2/c1-19(2)7-5-8-20(3)9-6-10-21(4)11-12-29-25(28)27-26-16-22-13-23(17-26)15-24(14-22)18-26/h7,9,11,22-24H,5-6,8,10,12-18H2,1-4H3,(H,27,28). The molecular formula is C26H41NO2. The number of amides is 1. The van der Waals surface area contributed by atoms with Crippen molar-refractivity contribution < 1.29 is 9.53 Å². The van der Waals surface area contributed by atoms with E-state index in [1.165, 1.54) is 55.2 Å². The van der Waals surface area contributed by atoms with E-state index in [1.807, 2.05) is 0 Å². The molecule has 0 heterocycles. The van der Waals surface area contributed by atoms with Crippen LogP contribution in [0.4, 0.5) is 4.79 Å². The smallest absolute Gasteiger partial charge is 0.407 e. The fourth-order valence-electron chi connectivity index (χ4n) is 6.11. The zero-order valence-corrected chi connectivity index (χ0v) is 19.1. The van der Waals surface area contributed by atoms with Crippen LogP contribution in [0.15, 0.2) is 34.9 Å². The van der Waals surface area contributed by atoms with Gasteiger partial charge in [0.1, 0.15) is 6.61 Å². The molecule has 0 spiro atoms. The Bertz CT molecular complexity index is 631. The Hall–Kier alpha value is -1.51. The minimum Gasteiger partial charge on any atom is -0.445 e. The van der Waals surface area contributed by atoms with Gasteiger partial charge in [-0.2, -0.15) is 0 Å². The van der Waals surface area contributed by atoms with E-state index in [4.69, 9.17) is 4.74 Å². The van der Waals surface area contributed by atoms with Gasteiger partial charge in [0.2, 0.25) is 0 Å². The highest BCUT2D eigenvalue weighted by Crippen LogP contribution is 2.55. The Balaban J connectivity index is 1.34. The molecule has 0 aromatic rings. The van der Waals surface area contributed by atoms with Crippen LogP contribution in [-0.2, 0) is 4.74 Å². The van der Waals surface area contributed by atoms with Gasteiger partial charge in [-0.25, -0.2) is 4.79 Å². The van der Waals surface area contributed by atoms with Gasteiger partial charge in [0.05, 0.1) is 0 Å². The van der Waals surface area contributed by atoms with Crippen LogP contribution in [-0.4, -0.2) is 18.2 Å². The average molecular weight is 400 g/mol. The number of allylic oxidation sites excluding steroid dienone is 5. The van der Waals surface area contributed by atoms with E-state index in [0.29, 0.717) is 6.61 Å². The molecular weight excluding hydrogens is 358 g/mol. The van der Waals surface area contributed by atoms with Crippen LogP contribution >= 0.6 is 0 Å². The molecule has 3 nitrogen and oxygen atoms in total. The van der Waals surface area contributed by atoms with Crippen molar-refractivity contribution in [3.8, 4) is 0 Å². The molecule has 0 aromatic heterocycles. The second kappa shape index (κ2) is 10.00. The molecule has 4 rings (SSSR count). The first-order chi connectivity index (χ1) is 13.8. The zero-order valence-electron chi connectivity index (χ0n) is 19.1. The summed E-state index contributed by atoms with van der Waals surface area (Å²) in [4.78, 5) is 12.4. The molecule has 0 aromatic carbocycles. The molecule has 1 amide bonds. The van der Waals surface area contributed by atoms with Crippen LogP contribution in [0.25, 0.3) is 0 Å². The third-order valence-electron chi connectivity index (χ3n) is 7.17. The first-order valence-electron chi connectivity index (χ1n) is 11.7. The van der Waals surface area contributed by atoms with Gasteiger partial charge in [-0.05, 0) is 116 Å². The molecule has 0 unspecified atom stereocenters. The number of hydrogen-bond donors (Lipinski definition) is 1. The SMILES string of the molecule is CC(C)=CCCC(C)=CCCC(C)=CCOC(=O)NC12CC3CC(CC(C3)C1)C2. The molecule has 0 aliphatic heterocycles. The number of rotatable bonds is 9. The first-order valence-corrected chi connectivity index (χ1v) is 11.7. The Morgan fingerprint density at radius 1 is 0.862 bits per heavy atom. The van der Waals surface area contributed by atoms with Gasteiger partial charge in [0.25, 0.3) is 0 Å². The summed E-state index contributed by atoms with van der Waals surface area (Å²) in [7, 11) is 0. The Morgan fingerprint density at radius 3 is 1.93 bits per heavy atom. The highest BCUT2D eigenvalue weighted by Gasteiger charge is 2.51. The van der Waals surface area contributed by atoms with Crippen molar-refractivity contribution in [2.75, 3.05) is 6.61 Å². The third kappa shape index (κ3) is 6.76. The van der Waals surface area contributed by atoms with Crippen LogP contribution in [0.5, 0.6) is 0 Å². The minimum atomic E-state index is -0.217. The van der Waals surface area contributed by atoms with E-state index in [-0.39, 0.29) is 11.6 Å². The molecule has 4 aliphatic carbocycles. The summed E-state index contributed by atoms with van der Waals surface area (Å²) in [6, 6.07) is 0. The first kappa shape index (κ1) is 22.2. The molecule has 0 radical (unpaired) electrons. The summed E-state index contributed by atoms with van der Waals surface area (Å²) >= 11 is 0. The number of carbonyl (C=O) groups excluding carboxylic acids is 1. The summed E-state index contributed by atoms with van der Waals surface area (Å²) < 4.78 is 5.51. The molecule has 0 saturated heterocycles. The number of nitrogens with one attached hydrogen (secondary N) is 1. The fourth-order valence-corrected chi connectivity index (χ4v) is 6.11. The van der Waals surface area contributed by atoms with Crippen molar-refractivity contribution in [2.45, 2.75) is 97.4 Å². The summed E-state index contributed by atoms with van der Waals surface area (Å²) in [6.45, 7) is 9.03. The van der Waals surface area contributed by atoms with Crippen LogP contribution in [0.2, 0.25) is 0 Å². The maximum absolute atomic E-state index is 12.4. The largest absolute Gasteiger partial charge is 0.445 e. The van der Waals surface area contributed by atoms with Gasteiger partial charge in [-0.15, -0.1) is 0 Å². The van der Waals surface area contributed by atoms with Gasteiger partial charge in [0.15, 0.2) is 0 Å². The molecule has 4 fully saturated rings. The van der Waals surface area contributed by atoms with Gasteiger partial charge in [-0.1, -0.05) is 28.9 Å². The molecule has 4 aliphatic rings. The van der Waals surface area contributed by atoms with Gasteiger partial charge in [-0.3, -0.25) is 0 Å². The van der Waals surface area contributed by atoms with Crippen molar-refractivity contribution in [1.29, 1.82) is 0 Å². The molecule has 4 bridgehead atoms. The lowest BCUT2D eigenvalue weighted by Crippen LogP contribution is -2.59. The normalized spacial score (nSPS) is 31.0. The maximum Gasteiger partial charge on any atom is 0.407 e. The number of alkyl carbamates (subject to hydrolysis) is 1. The lowest BCUT2D eigenvalue weighted by molar-refractivity contribution is -0.0185. The van der Waals surface area contributed by atoms with Gasteiger partial charge in [0, 0.05) is 5.54 Å². The van der Waals surface area contributed by atoms with Crippen LogP contribution < -0.4 is 5.32 Å². The van der Waals surface area contributed by atoms with Gasteiger partial charge >= 0.3 is 6.09 Å². The number of carbonyl (C=O) groups is 1. The Morgan fingerprint density at radius 2 is 1.38 bits per heavy atom. The second-order valence-corrected chi connectivity index (χ2v) is 10.4. The van der Waals surface area contributed by atoms with Crippen molar-refractivity contribution in [3.05, 3.63) is 34.9 Å². The zero-order chi connectivity index (χ0) is 20.9. The van der Waals surface area contributed by atoms with Gasteiger partial charge < -0.3 is 10.1 Å². The fraction of sp³-hybridized carbons (Fsp3) is 0.731. The highest BCUT2D eigenvalue weighted by molar-refractivity contribution is 5.68. The third-order valence-corrected chi connectivity index (χ3v) is 7.17. The molecule has 162 valence electrons. The highest BCUT2D eigenvalue weighted by atomic mass is 16.5. The summed E-state index contributed by atoms with van der Waals surface area (Å²) in [5.41, 5.74) is 4.18. The number of ether oxygens (including phenoxy) is 1. The van der Waals surface area contributed by atoms with Crippen molar-refractivity contribution in [2.24, 2.45) is 17.8 Å². The van der Waals surface area contributed by atoms with Crippen LogP contribution in [0.3, 0.4) is 0 Å². The van der Waals surface area contributed by atoms with E-state index >= 15 is 0 Å². The number of hydrogen-bond acceptors (Lipinski definition) is 2. The molecule has 29 heavy (non-hydrogen) atoms. The molecule has 3 heteroatoms. The van der Waals surface area contributed by atoms with E-state index in [0.717, 1.165) is 43.4 Å². The summed E-state index contributed by atoms with van der Waals surface area (Å²) in [5.74, 6) is 2.51. The quantitative estimate of drug-likeness (QED) is 0.420. The van der Waals surface area contributed by atoms with E-state index in [1.54, 1.807) is 0 Å².